The van der Waals surface area contributed by atoms with Crippen molar-refractivity contribution in [2.45, 2.75) is 24.3 Å². The van der Waals surface area contributed by atoms with E-state index in [1.54, 1.807) is 6.92 Å². The van der Waals surface area contributed by atoms with E-state index in [1.807, 2.05) is 6.07 Å². The first kappa shape index (κ1) is 15.9. The number of hydrogen-bond acceptors (Lipinski definition) is 4. The lowest BCUT2D eigenvalue weighted by Crippen LogP contribution is -2.40. The fourth-order valence-electron chi connectivity index (χ4n) is 1.58. The Hall–Kier alpha value is -2.17. The highest BCUT2D eigenvalue weighted by atomic mass is 32.2. The van der Waals surface area contributed by atoms with Gasteiger partial charge in [-0.15, -0.1) is 6.58 Å². The van der Waals surface area contributed by atoms with Crippen molar-refractivity contribution in [1.29, 1.82) is 5.26 Å². The molecule has 0 saturated carbocycles. The van der Waals surface area contributed by atoms with E-state index in [4.69, 9.17) is 10.4 Å². The number of aryl methyl sites for hydroxylation is 1. The Morgan fingerprint density at radius 1 is 1.60 bits per heavy atom. The molecule has 0 radical (unpaired) electrons. The van der Waals surface area contributed by atoms with Gasteiger partial charge in [-0.2, -0.15) is 9.98 Å². The van der Waals surface area contributed by atoms with Crippen LogP contribution in [0, 0.1) is 18.3 Å². The number of rotatable bonds is 6. The summed E-state index contributed by atoms with van der Waals surface area (Å²) < 4.78 is 26.5. The number of carboxylic acids is 1. The van der Waals surface area contributed by atoms with Gasteiger partial charge >= 0.3 is 5.97 Å². The van der Waals surface area contributed by atoms with Crippen molar-refractivity contribution in [3.05, 3.63) is 42.0 Å². The second kappa shape index (κ2) is 6.32. The Bertz CT molecular complexity index is 674. The van der Waals surface area contributed by atoms with Crippen LogP contribution in [0.3, 0.4) is 0 Å². The van der Waals surface area contributed by atoms with Crippen LogP contribution < -0.4 is 4.72 Å². The number of carbonyl (C=O) groups is 1. The SMILES string of the molecule is C=CCC(NS(=O)(=O)c1cc(C#N)ccc1C)C(=O)O. The van der Waals surface area contributed by atoms with Crippen LogP contribution in [0.4, 0.5) is 0 Å². The summed E-state index contributed by atoms with van der Waals surface area (Å²) in [6.07, 6.45) is 1.28. The van der Waals surface area contributed by atoms with E-state index in [2.05, 4.69) is 11.3 Å². The minimum absolute atomic E-state index is 0.0362. The van der Waals surface area contributed by atoms with Crippen LogP contribution in [-0.4, -0.2) is 25.5 Å². The maximum absolute atomic E-state index is 12.2. The summed E-state index contributed by atoms with van der Waals surface area (Å²) in [6.45, 7) is 4.96. The van der Waals surface area contributed by atoms with Crippen LogP contribution in [0.5, 0.6) is 0 Å². The first-order valence-corrected chi connectivity index (χ1v) is 7.17. The van der Waals surface area contributed by atoms with Crippen molar-refractivity contribution >= 4 is 16.0 Å². The third-order valence-electron chi connectivity index (χ3n) is 2.60. The first-order valence-electron chi connectivity index (χ1n) is 5.68. The van der Waals surface area contributed by atoms with E-state index in [0.717, 1.165) is 0 Å². The van der Waals surface area contributed by atoms with E-state index in [1.165, 1.54) is 24.3 Å². The van der Waals surface area contributed by atoms with Gasteiger partial charge in [-0.1, -0.05) is 12.1 Å². The average Bonchev–Trinajstić information content (AvgIpc) is 2.38. The minimum atomic E-state index is -4.02. The lowest BCUT2D eigenvalue weighted by molar-refractivity contribution is -0.138. The van der Waals surface area contributed by atoms with Gasteiger partial charge in [0.05, 0.1) is 16.5 Å². The molecule has 0 saturated heterocycles. The maximum atomic E-state index is 12.2. The van der Waals surface area contributed by atoms with Crippen molar-refractivity contribution in [1.82, 2.24) is 4.72 Å². The van der Waals surface area contributed by atoms with Gasteiger partial charge in [0.15, 0.2) is 0 Å². The summed E-state index contributed by atoms with van der Waals surface area (Å²) in [5.41, 5.74) is 0.616. The molecule has 0 heterocycles. The lowest BCUT2D eigenvalue weighted by atomic mass is 10.2. The molecule has 0 aromatic heterocycles. The van der Waals surface area contributed by atoms with Crippen LogP contribution in [0.15, 0.2) is 35.7 Å². The molecule has 7 heteroatoms. The number of carboxylic acid groups (broad SMARTS) is 1. The summed E-state index contributed by atoms with van der Waals surface area (Å²) in [7, 11) is -4.02. The van der Waals surface area contributed by atoms with Gasteiger partial charge in [-0.05, 0) is 31.0 Å². The summed E-state index contributed by atoms with van der Waals surface area (Å²) >= 11 is 0. The molecular weight excluding hydrogens is 280 g/mol. The molecule has 0 aliphatic heterocycles. The van der Waals surface area contributed by atoms with Gasteiger partial charge in [-0.3, -0.25) is 4.79 Å². The predicted octanol–water partition coefficient (Wildman–Crippen LogP) is 1.17. The molecule has 0 spiro atoms. The Labute approximate surface area is 117 Å². The van der Waals surface area contributed by atoms with Crippen LogP contribution >= 0.6 is 0 Å². The minimum Gasteiger partial charge on any atom is -0.480 e. The van der Waals surface area contributed by atoms with Crippen molar-refractivity contribution in [3.63, 3.8) is 0 Å². The molecule has 1 rings (SSSR count). The molecule has 1 atom stereocenters. The largest absolute Gasteiger partial charge is 0.480 e. The third kappa shape index (κ3) is 3.66. The Balaban J connectivity index is 3.20. The van der Waals surface area contributed by atoms with E-state index in [-0.39, 0.29) is 16.9 Å². The summed E-state index contributed by atoms with van der Waals surface area (Å²) in [4.78, 5) is 10.9. The first-order chi connectivity index (χ1) is 9.31. The summed E-state index contributed by atoms with van der Waals surface area (Å²) in [5.74, 6) is -1.29. The third-order valence-corrected chi connectivity index (χ3v) is 4.22. The Morgan fingerprint density at radius 2 is 2.25 bits per heavy atom. The number of nitrogens with one attached hydrogen (secondary N) is 1. The molecule has 0 aliphatic carbocycles. The summed E-state index contributed by atoms with van der Waals surface area (Å²) in [5, 5.41) is 17.8. The summed E-state index contributed by atoms with van der Waals surface area (Å²) in [6, 6.07) is 4.76. The second-order valence-corrected chi connectivity index (χ2v) is 5.81. The molecule has 0 aliphatic rings. The molecule has 106 valence electrons. The molecule has 0 amide bonds. The van der Waals surface area contributed by atoms with Crippen molar-refractivity contribution in [2.75, 3.05) is 0 Å². The van der Waals surface area contributed by atoms with E-state index < -0.39 is 22.0 Å². The highest BCUT2D eigenvalue weighted by Gasteiger charge is 2.25. The molecule has 20 heavy (non-hydrogen) atoms. The van der Waals surface area contributed by atoms with Crippen molar-refractivity contribution in [2.24, 2.45) is 0 Å². The standard InChI is InChI=1S/C13H14N2O4S/c1-3-4-11(13(16)17)15-20(18,19)12-7-10(8-14)6-5-9(12)2/h3,5-7,11,15H,1,4H2,2H3,(H,16,17). The average molecular weight is 294 g/mol. The number of nitrogens with zero attached hydrogens (tertiary/aromatic N) is 1. The Kier molecular flexibility index (Phi) is 5.02. The Morgan fingerprint density at radius 3 is 2.75 bits per heavy atom. The van der Waals surface area contributed by atoms with Gasteiger partial charge in [0.2, 0.25) is 10.0 Å². The van der Waals surface area contributed by atoms with Gasteiger partial charge in [0.1, 0.15) is 6.04 Å². The van der Waals surface area contributed by atoms with Gasteiger partial charge < -0.3 is 5.11 Å². The van der Waals surface area contributed by atoms with E-state index in [9.17, 15) is 13.2 Å². The van der Waals surface area contributed by atoms with E-state index >= 15 is 0 Å². The number of hydrogen-bond donors (Lipinski definition) is 2. The monoisotopic (exact) mass is 294 g/mol. The zero-order valence-corrected chi connectivity index (χ0v) is 11.6. The van der Waals surface area contributed by atoms with Crippen LogP contribution in [0.2, 0.25) is 0 Å². The normalized spacial score (nSPS) is 12.4. The fourth-order valence-corrected chi connectivity index (χ4v) is 3.05. The van der Waals surface area contributed by atoms with Crippen molar-refractivity contribution in [3.8, 4) is 6.07 Å². The predicted molar refractivity (Wildman–Crippen MR) is 72.5 cm³/mol. The number of nitriles is 1. The number of aliphatic carboxylic acids is 1. The molecule has 1 aromatic rings. The zero-order valence-electron chi connectivity index (χ0n) is 10.8. The molecule has 0 fully saturated rings. The molecule has 0 bridgehead atoms. The van der Waals surface area contributed by atoms with Crippen LogP contribution in [0.1, 0.15) is 17.5 Å². The highest BCUT2D eigenvalue weighted by molar-refractivity contribution is 7.89. The second-order valence-electron chi connectivity index (χ2n) is 4.13. The maximum Gasteiger partial charge on any atom is 0.322 e. The number of sulfonamides is 1. The quantitative estimate of drug-likeness (QED) is 0.766. The molecule has 1 aromatic carbocycles. The highest BCUT2D eigenvalue weighted by Crippen LogP contribution is 2.17. The van der Waals surface area contributed by atoms with E-state index in [0.29, 0.717) is 5.56 Å². The molecular formula is C13H14N2O4S. The fraction of sp³-hybridized carbons (Fsp3) is 0.231. The van der Waals surface area contributed by atoms with Gasteiger partial charge in [-0.25, -0.2) is 8.42 Å². The van der Waals surface area contributed by atoms with Gasteiger partial charge in [0.25, 0.3) is 0 Å². The van der Waals surface area contributed by atoms with Gasteiger partial charge in [0, 0.05) is 0 Å². The molecule has 6 nitrogen and oxygen atoms in total. The topological polar surface area (TPSA) is 107 Å². The van der Waals surface area contributed by atoms with Crippen molar-refractivity contribution < 1.29 is 18.3 Å². The zero-order chi connectivity index (χ0) is 15.3. The lowest BCUT2D eigenvalue weighted by Gasteiger charge is -2.14. The molecule has 2 N–H and O–H groups in total. The van der Waals surface area contributed by atoms with Crippen LogP contribution in [-0.2, 0) is 14.8 Å². The number of benzene rings is 1. The molecule has 1 unspecified atom stereocenters. The van der Waals surface area contributed by atoms with Crippen LogP contribution in [0.25, 0.3) is 0 Å². The smallest absolute Gasteiger partial charge is 0.322 e.